The summed E-state index contributed by atoms with van der Waals surface area (Å²) in [5.41, 5.74) is 2.01. The zero-order chi connectivity index (χ0) is 15.6. The number of carbonyl (C=O) groups excluding carboxylic acids is 1. The van der Waals surface area contributed by atoms with E-state index < -0.39 is 0 Å². The molecule has 2 N–H and O–H groups in total. The quantitative estimate of drug-likeness (QED) is 0.894. The zero-order valence-electron chi connectivity index (χ0n) is 12.9. The van der Waals surface area contributed by atoms with E-state index in [2.05, 4.69) is 15.6 Å². The molecule has 1 atom stereocenters. The number of hydrogen-bond acceptors (Lipinski definition) is 4. The number of aryl methyl sites for hydroxylation is 1. The third-order valence-electron chi connectivity index (χ3n) is 3.64. The maximum atomic E-state index is 12.4. The van der Waals surface area contributed by atoms with Crippen molar-refractivity contribution in [3.8, 4) is 0 Å². The number of benzene rings is 1. The highest BCUT2D eigenvalue weighted by atomic mass is 16.3. The fraction of sp³-hybridized carbons (Fsp3) is 0.533. The Bertz CT molecular complexity index is 643. The molecular formula is C15H22N4O2. The van der Waals surface area contributed by atoms with Crippen molar-refractivity contribution >= 4 is 16.9 Å². The van der Waals surface area contributed by atoms with Crippen LogP contribution >= 0.6 is 0 Å². The summed E-state index contributed by atoms with van der Waals surface area (Å²) in [4.78, 5) is 12.4. The molecule has 0 fully saturated rings. The van der Waals surface area contributed by atoms with E-state index in [1.54, 1.807) is 16.8 Å². The van der Waals surface area contributed by atoms with Crippen LogP contribution in [-0.2, 0) is 7.05 Å². The SMILES string of the molecule is Cn1nnc2cc(C(=O)N[C@H](CCO)C(C)(C)C)ccc21. The molecule has 1 heterocycles. The molecule has 1 aromatic carbocycles. The molecule has 1 aromatic heterocycles. The maximum absolute atomic E-state index is 12.4. The molecule has 114 valence electrons. The van der Waals surface area contributed by atoms with Crippen LogP contribution in [-0.4, -0.2) is 38.7 Å². The molecule has 0 aliphatic carbocycles. The molecule has 0 bridgehead atoms. The van der Waals surface area contributed by atoms with Gasteiger partial charge in [0.1, 0.15) is 5.52 Å². The van der Waals surface area contributed by atoms with E-state index in [1.165, 1.54) is 0 Å². The van der Waals surface area contributed by atoms with Gasteiger partial charge in [-0.05, 0) is 30.0 Å². The molecule has 6 heteroatoms. The van der Waals surface area contributed by atoms with Crippen molar-refractivity contribution in [1.82, 2.24) is 20.3 Å². The van der Waals surface area contributed by atoms with E-state index in [-0.39, 0.29) is 24.0 Å². The number of carbonyl (C=O) groups is 1. The van der Waals surface area contributed by atoms with Gasteiger partial charge in [0.15, 0.2) is 0 Å². The van der Waals surface area contributed by atoms with E-state index >= 15 is 0 Å². The topological polar surface area (TPSA) is 80.0 Å². The van der Waals surface area contributed by atoms with Gasteiger partial charge in [-0.25, -0.2) is 4.68 Å². The number of aliphatic hydroxyl groups is 1. The monoisotopic (exact) mass is 290 g/mol. The molecule has 1 amide bonds. The van der Waals surface area contributed by atoms with Gasteiger partial charge < -0.3 is 10.4 Å². The van der Waals surface area contributed by atoms with Crippen LogP contribution in [0.3, 0.4) is 0 Å². The van der Waals surface area contributed by atoms with Crippen LogP contribution in [0.5, 0.6) is 0 Å². The Morgan fingerprint density at radius 3 is 2.76 bits per heavy atom. The predicted octanol–water partition coefficient (Wildman–Crippen LogP) is 1.50. The fourth-order valence-corrected chi connectivity index (χ4v) is 2.27. The molecule has 0 saturated heterocycles. The second-order valence-corrected chi connectivity index (χ2v) is 6.32. The van der Waals surface area contributed by atoms with Gasteiger partial charge in [-0.2, -0.15) is 0 Å². The van der Waals surface area contributed by atoms with Crippen LogP contribution in [0.2, 0.25) is 0 Å². The first kappa shape index (κ1) is 15.4. The molecule has 0 aliphatic heterocycles. The number of aliphatic hydroxyl groups excluding tert-OH is 1. The van der Waals surface area contributed by atoms with Gasteiger partial charge in [-0.15, -0.1) is 5.10 Å². The Balaban J connectivity index is 2.21. The van der Waals surface area contributed by atoms with Gasteiger partial charge >= 0.3 is 0 Å². The number of nitrogens with one attached hydrogen (secondary N) is 1. The van der Waals surface area contributed by atoms with E-state index in [9.17, 15) is 4.79 Å². The number of aromatic nitrogens is 3. The van der Waals surface area contributed by atoms with E-state index in [1.807, 2.05) is 33.9 Å². The van der Waals surface area contributed by atoms with Gasteiger partial charge in [0, 0.05) is 25.3 Å². The van der Waals surface area contributed by atoms with Crippen molar-refractivity contribution in [3.63, 3.8) is 0 Å². The van der Waals surface area contributed by atoms with Crippen molar-refractivity contribution in [2.24, 2.45) is 12.5 Å². The lowest BCUT2D eigenvalue weighted by molar-refractivity contribution is 0.0885. The first-order chi connectivity index (χ1) is 9.82. The van der Waals surface area contributed by atoms with Crippen LogP contribution in [0.15, 0.2) is 18.2 Å². The Morgan fingerprint density at radius 1 is 1.43 bits per heavy atom. The van der Waals surface area contributed by atoms with E-state index in [0.29, 0.717) is 17.5 Å². The molecule has 0 spiro atoms. The summed E-state index contributed by atoms with van der Waals surface area (Å²) in [5, 5.41) is 20.1. The van der Waals surface area contributed by atoms with Crippen molar-refractivity contribution in [3.05, 3.63) is 23.8 Å². The Hall–Kier alpha value is -1.95. The highest BCUT2D eigenvalue weighted by Gasteiger charge is 2.26. The predicted molar refractivity (Wildman–Crippen MR) is 80.9 cm³/mol. The van der Waals surface area contributed by atoms with E-state index in [4.69, 9.17) is 5.11 Å². The fourth-order valence-electron chi connectivity index (χ4n) is 2.27. The van der Waals surface area contributed by atoms with Gasteiger partial charge in [0.25, 0.3) is 5.91 Å². The van der Waals surface area contributed by atoms with Crippen LogP contribution in [0.25, 0.3) is 11.0 Å². The second kappa shape index (κ2) is 5.81. The van der Waals surface area contributed by atoms with Crippen molar-refractivity contribution in [2.75, 3.05) is 6.61 Å². The number of rotatable bonds is 4. The van der Waals surface area contributed by atoms with Crippen LogP contribution < -0.4 is 5.32 Å². The summed E-state index contributed by atoms with van der Waals surface area (Å²) >= 11 is 0. The van der Waals surface area contributed by atoms with E-state index in [0.717, 1.165) is 5.52 Å². The van der Waals surface area contributed by atoms with Gasteiger partial charge in [-0.3, -0.25) is 4.79 Å². The standard InChI is InChI=1S/C15H22N4O2/c1-15(2,3)13(7-8-20)16-14(21)10-5-6-12-11(9-10)17-18-19(12)4/h5-6,9,13,20H,7-8H2,1-4H3,(H,16,21)/t13-/m1/s1. The highest BCUT2D eigenvalue weighted by Crippen LogP contribution is 2.22. The lowest BCUT2D eigenvalue weighted by atomic mass is 9.84. The van der Waals surface area contributed by atoms with Crippen molar-refractivity contribution < 1.29 is 9.90 Å². The molecule has 21 heavy (non-hydrogen) atoms. The van der Waals surface area contributed by atoms with Gasteiger partial charge in [-0.1, -0.05) is 26.0 Å². The lowest BCUT2D eigenvalue weighted by Gasteiger charge is -2.31. The van der Waals surface area contributed by atoms with Crippen LogP contribution in [0.1, 0.15) is 37.6 Å². The third kappa shape index (κ3) is 3.39. The Labute approximate surface area is 124 Å². The van der Waals surface area contributed by atoms with Crippen LogP contribution in [0.4, 0.5) is 0 Å². The normalized spacial score (nSPS) is 13.4. The molecule has 2 rings (SSSR count). The molecule has 0 unspecified atom stereocenters. The average Bonchev–Trinajstić information content (AvgIpc) is 2.78. The van der Waals surface area contributed by atoms with Crippen molar-refractivity contribution in [1.29, 1.82) is 0 Å². The van der Waals surface area contributed by atoms with Gasteiger partial charge in [0.05, 0.1) is 5.52 Å². The number of amides is 1. The largest absolute Gasteiger partial charge is 0.396 e. The minimum atomic E-state index is -0.157. The molecular weight excluding hydrogens is 268 g/mol. The Morgan fingerprint density at radius 2 is 2.14 bits per heavy atom. The minimum Gasteiger partial charge on any atom is -0.396 e. The molecule has 0 aliphatic rings. The third-order valence-corrected chi connectivity index (χ3v) is 3.64. The highest BCUT2D eigenvalue weighted by molar-refractivity contribution is 5.97. The molecule has 0 radical (unpaired) electrons. The molecule has 0 saturated carbocycles. The Kier molecular flexibility index (Phi) is 4.27. The molecule has 6 nitrogen and oxygen atoms in total. The summed E-state index contributed by atoms with van der Waals surface area (Å²) < 4.78 is 1.67. The number of fused-ring (bicyclic) bond motifs is 1. The average molecular weight is 290 g/mol. The summed E-state index contributed by atoms with van der Waals surface area (Å²) in [7, 11) is 1.81. The summed E-state index contributed by atoms with van der Waals surface area (Å²) in [6, 6.07) is 5.24. The number of nitrogens with zero attached hydrogens (tertiary/aromatic N) is 3. The van der Waals surface area contributed by atoms with Crippen LogP contribution in [0, 0.1) is 5.41 Å². The zero-order valence-corrected chi connectivity index (χ0v) is 12.9. The first-order valence-corrected chi connectivity index (χ1v) is 7.04. The van der Waals surface area contributed by atoms with Gasteiger partial charge in [0.2, 0.25) is 0 Å². The number of hydrogen-bond donors (Lipinski definition) is 2. The first-order valence-electron chi connectivity index (χ1n) is 7.04. The second-order valence-electron chi connectivity index (χ2n) is 6.32. The summed E-state index contributed by atoms with van der Waals surface area (Å²) in [6.07, 6.45) is 0.530. The summed E-state index contributed by atoms with van der Waals surface area (Å²) in [6.45, 7) is 6.17. The van der Waals surface area contributed by atoms with Crippen molar-refractivity contribution in [2.45, 2.75) is 33.2 Å². The lowest BCUT2D eigenvalue weighted by Crippen LogP contribution is -2.44. The smallest absolute Gasteiger partial charge is 0.251 e. The maximum Gasteiger partial charge on any atom is 0.251 e. The molecule has 2 aromatic rings. The summed E-state index contributed by atoms with van der Waals surface area (Å²) in [5.74, 6) is -0.157. The minimum absolute atomic E-state index is 0.0470.